The van der Waals surface area contributed by atoms with Gasteiger partial charge < -0.3 is 10.2 Å². The summed E-state index contributed by atoms with van der Waals surface area (Å²) < 4.78 is 0. The lowest BCUT2D eigenvalue weighted by molar-refractivity contribution is 0.180. The lowest BCUT2D eigenvalue weighted by Gasteiger charge is -2.47. The van der Waals surface area contributed by atoms with Crippen LogP contribution in [0.2, 0.25) is 0 Å². The van der Waals surface area contributed by atoms with E-state index in [0.29, 0.717) is 23.7 Å². The highest BCUT2D eigenvalue weighted by Crippen LogP contribution is 2.46. The SMILES string of the molecule is CON=C1[C@H]2CCC[C@@H]1[C@H](c1ccc(C(C)C)cc1)N[C@@H]2c1ccc(C(C)C)cc1. The van der Waals surface area contributed by atoms with E-state index in [1.165, 1.54) is 47.2 Å². The molecule has 3 nitrogen and oxygen atoms in total. The summed E-state index contributed by atoms with van der Waals surface area (Å²) in [6.07, 6.45) is 3.59. The van der Waals surface area contributed by atoms with Gasteiger partial charge in [-0.1, -0.05) is 87.8 Å². The number of rotatable bonds is 5. The van der Waals surface area contributed by atoms with Gasteiger partial charge in [0.15, 0.2) is 0 Å². The Morgan fingerprint density at radius 1 is 0.767 bits per heavy atom. The number of hydrogen-bond acceptors (Lipinski definition) is 3. The Hall–Kier alpha value is -2.13. The number of piperidine rings is 1. The Balaban J connectivity index is 1.71. The molecule has 4 atom stereocenters. The predicted octanol–water partition coefficient (Wildman–Crippen LogP) is 6.74. The minimum atomic E-state index is 0.270. The molecule has 0 radical (unpaired) electrons. The van der Waals surface area contributed by atoms with E-state index in [4.69, 9.17) is 4.84 Å². The van der Waals surface area contributed by atoms with Crippen LogP contribution in [0.4, 0.5) is 0 Å². The van der Waals surface area contributed by atoms with Crippen molar-refractivity contribution in [1.29, 1.82) is 0 Å². The topological polar surface area (TPSA) is 33.6 Å². The van der Waals surface area contributed by atoms with Crippen molar-refractivity contribution in [3.63, 3.8) is 0 Å². The van der Waals surface area contributed by atoms with Crippen molar-refractivity contribution in [3.8, 4) is 0 Å². The molecule has 1 saturated carbocycles. The van der Waals surface area contributed by atoms with Crippen LogP contribution >= 0.6 is 0 Å². The van der Waals surface area contributed by atoms with Crippen molar-refractivity contribution in [2.45, 2.75) is 70.9 Å². The molecule has 1 N–H and O–H groups in total. The number of fused-ring (bicyclic) bond motifs is 2. The van der Waals surface area contributed by atoms with Crippen molar-refractivity contribution in [3.05, 3.63) is 70.8 Å². The molecular formula is C27H36N2O. The Morgan fingerprint density at radius 2 is 1.20 bits per heavy atom. The fourth-order valence-electron chi connectivity index (χ4n) is 5.30. The fourth-order valence-corrected chi connectivity index (χ4v) is 5.30. The van der Waals surface area contributed by atoms with Gasteiger partial charge in [0, 0.05) is 23.9 Å². The van der Waals surface area contributed by atoms with Crippen LogP contribution in [0.1, 0.15) is 93.1 Å². The maximum absolute atomic E-state index is 5.35. The van der Waals surface area contributed by atoms with Crippen LogP contribution in [0.5, 0.6) is 0 Å². The van der Waals surface area contributed by atoms with Gasteiger partial charge in [-0.05, 0) is 46.9 Å². The zero-order chi connectivity index (χ0) is 21.3. The third-order valence-corrected chi connectivity index (χ3v) is 7.08. The zero-order valence-electron chi connectivity index (χ0n) is 19.1. The van der Waals surface area contributed by atoms with Crippen molar-refractivity contribution in [2.75, 3.05) is 7.11 Å². The van der Waals surface area contributed by atoms with E-state index in [-0.39, 0.29) is 12.1 Å². The van der Waals surface area contributed by atoms with E-state index in [9.17, 15) is 0 Å². The monoisotopic (exact) mass is 404 g/mol. The molecule has 3 heteroatoms. The van der Waals surface area contributed by atoms with Gasteiger partial charge in [-0.3, -0.25) is 0 Å². The Labute approximate surface area is 181 Å². The average Bonchev–Trinajstić information content (AvgIpc) is 2.74. The van der Waals surface area contributed by atoms with E-state index >= 15 is 0 Å². The molecular weight excluding hydrogens is 368 g/mol. The first kappa shape index (κ1) is 21.1. The Morgan fingerprint density at radius 3 is 1.57 bits per heavy atom. The van der Waals surface area contributed by atoms with Crippen LogP contribution in [0, 0.1) is 11.8 Å². The number of hydrogen-bond donors (Lipinski definition) is 1. The lowest BCUT2D eigenvalue weighted by atomic mass is 9.67. The van der Waals surface area contributed by atoms with Crippen molar-refractivity contribution in [2.24, 2.45) is 17.0 Å². The highest BCUT2D eigenvalue weighted by molar-refractivity contribution is 5.91. The largest absolute Gasteiger partial charge is 0.399 e. The maximum atomic E-state index is 5.35. The molecule has 30 heavy (non-hydrogen) atoms. The molecule has 160 valence electrons. The van der Waals surface area contributed by atoms with Gasteiger partial charge in [0.05, 0.1) is 5.71 Å². The van der Waals surface area contributed by atoms with Gasteiger partial charge in [0.25, 0.3) is 0 Å². The molecule has 2 aromatic rings. The third-order valence-electron chi connectivity index (χ3n) is 7.08. The molecule has 2 aliphatic rings. The normalized spacial score (nSPS) is 27.6. The quantitative estimate of drug-likeness (QED) is 0.560. The van der Waals surface area contributed by atoms with Crippen LogP contribution in [-0.4, -0.2) is 12.8 Å². The van der Waals surface area contributed by atoms with Crippen LogP contribution in [0.25, 0.3) is 0 Å². The first-order valence-corrected chi connectivity index (χ1v) is 11.6. The third kappa shape index (κ3) is 4.05. The predicted molar refractivity (Wildman–Crippen MR) is 125 cm³/mol. The second kappa shape index (κ2) is 8.93. The summed E-state index contributed by atoms with van der Waals surface area (Å²) in [5.41, 5.74) is 6.75. The molecule has 2 aromatic carbocycles. The van der Waals surface area contributed by atoms with Gasteiger partial charge in [-0.2, -0.15) is 0 Å². The lowest BCUT2D eigenvalue weighted by Crippen LogP contribution is -2.50. The van der Waals surface area contributed by atoms with Crippen LogP contribution in [-0.2, 0) is 4.84 Å². The molecule has 1 aliphatic heterocycles. The van der Waals surface area contributed by atoms with E-state index in [1.807, 2.05) is 0 Å². The van der Waals surface area contributed by atoms with Gasteiger partial charge in [-0.25, -0.2) is 0 Å². The average molecular weight is 405 g/mol. The summed E-state index contributed by atoms with van der Waals surface area (Å²) >= 11 is 0. The highest BCUT2D eigenvalue weighted by Gasteiger charge is 2.45. The summed E-state index contributed by atoms with van der Waals surface area (Å²) in [6, 6.07) is 18.9. The van der Waals surface area contributed by atoms with E-state index in [0.717, 1.165) is 0 Å². The summed E-state index contributed by atoms with van der Waals surface area (Å²) in [5.74, 6) is 1.91. The Kier molecular flexibility index (Phi) is 6.29. The fraction of sp³-hybridized carbons (Fsp3) is 0.519. The van der Waals surface area contributed by atoms with Gasteiger partial charge in [0.1, 0.15) is 7.11 Å². The summed E-state index contributed by atoms with van der Waals surface area (Å²) in [6.45, 7) is 9.00. The van der Waals surface area contributed by atoms with Crippen molar-refractivity contribution < 1.29 is 4.84 Å². The van der Waals surface area contributed by atoms with E-state index in [2.05, 4.69) is 86.7 Å². The smallest absolute Gasteiger partial charge is 0.106 e. The zero-order valence-corrected chi connectivity index (χ0v) is 19.1. The standard InChI is InChI=1S/C27H36N2O/c1-17(2)19-9-13-21(14-10-19)25-23-7-6-8-24(27(23)29-30-5)26(28-25)22-15-11-20(12-16-22)18(3)4/h9-18,23-26,28H,6-8H2,1-5H3/t23-,24+,25+,26-. The Bertz CT molecular complexity index is 799. The molecule has 0 spiro atoms. The van der Waals surface area contributed by atoms with Gasteiger partial charge in [0.2, 0.25) is 0 Å². The van der Waals surface area contributed by atoms with Crippen LogP contribution in [0.3, 0.4) is 0 Å². The molecule has 4 rings (SSSR count). The molecule has 0 aromatic heterocycles. The second-order valence-electron chi connectivity index (χ2n) is 9.61. The van der Waals surface area contributed by atoms with Gasteiger partial charge >= 0.3 is 0 Å². The van der Waals surface area contributed by atoms with E-state index in [1.54, 1.807) is 7.11 Å². The molecule has 1 aliphatic carbocycles. The number of nitrogens with zero attached hydrogens (tertiary/aromatic N) is 1. The molecule has 0 amide bonds. The number of benzene rings is 2. The molecule has 1 saturated heterocycles. The first-order chi connectivity index (χ1) is 14.5. The summed E-state index contributed by atoms with van der Waals surface area (Å²) in [5, 5.41) is 8.63. The number of oxime groups is 1. The summed E-state index contributed by atoms with van der Waals surface area (Å²) in [7, 11) is 1.68. The molecule has 0 unspecified atom stereocenters. The maximum Gasteiger partial charge on any atom is 0.106 e. The highest BCUT2D eigenvalue weighted by atomic mass is 16.6. The second-order valence-corrected chi connectivity index (χ2v) is 9.61. The van der Waals surface area contributed by atoms with Crippen LogP contribution in [0.15, 0.2) is 53.7 Å². The van der Waals surface area contributed by atoms with Gasteiger partial charge in [-0.15, -0.1) is 0 Å². The minimum Gasteiger partial charge on any atom is -0.399 e. The number of nitrogens with one attached hydrogen (secondary N) is 1. The van der Waals surface area contributed by atoms with Crippen molar-refractivity contribution in [1.82, 2.24) is 5.32 Å². The van der Waals surface area contributed by atoms with Crippen molar-refractivity contribution >= 4 is 5.71 Å². The summed E-state index contributed by atoms with van der Waals surface area (Å²) in [4.78, 5) is 5.35. The minimum absolute atomic E-state index is 0.270. The molecule has 2 fully saturated rings. The van der Waals surface area contributed by atoms with E-state index < -0.39 is 0 Å². The molecule has 1 heterocycles. The molecule has 2 bridgehead atoms. The first-order valence-electron chi connectivity index (χ1n) is 11.6. The van der Waals surface area contributed by atoms with Crippen LogP contribution < -0.4 is 5.32 Å².